The van der Waals surface area contributed by atoms with Crippen molar-refractivity contribution in [1.29, 1.82) is 0 Å². The van der Waals surface area contributed by atoms with Crippen molar-refractivity contribution in [3.8, 4) is 10.4 Å². The molecule has 1 aromatic carbocycles. The number of aromatic nitrogens is 1. The average Bonchev–Trinajstić information content (AvgIpc) is 3.06. The Labute approximate surface area is 158 Å². The molecule has 0 radical (unpaired) electrons. The van der Waals surface area contributed by atoms with E-state index in [1.54, 1.807) is 17.6 Å². The van der Waals surface area contributed by atoms with E-state index in [0.29, 0.717) is 17.8 Å². The number of carbonyl (C=O) groups is 1. The molecule has 0 aliphatic carbocycles. The number of likely N-dealkylation sites (tertiary alicyclic amines) is 1. The third-order valence-electron chi connectivity index (χ3n) is 4.30. The zero-order valence-electron chi connectivity index (χ0n) is 15.5. The van der Waals surface area contributed by atoms with E-state index in [1.807, 2.05) is 24.7 Å². The molecule has 26 heavy (non-hydrogen) atoms. The van der Waals surface area contributed by atoms with Gasteiger partial charge in [-0.05, 0) is 35.1 Å². The smallest absolute Gasteiger partial charge is 0.239 e. The molecule has 6 heteroatoms. The number of amides is 1. The van der Waals surface area contributed by atoms with Crippen LogP contribution in [0.2, 0.25) is 0 Å². The first-order valence-electron chi connectivity index (χ1n) is 8.57. The van der Waals surface area contributed by atoms with Gasteiger partial charge in [0.25, 0.3) is 0 Å². The van der Waals surface area contributed by atoms with Crippen LogP contribution in [0.1, 0.15) is 25.0 Å². The van der Waals surface area contributed by atoms with Crippen LogP contribution in [0.3, 0.4) is 0 Å². The summed E-state index contributed by atoms with van der Waals surface area (Å²) in [5.74, 6) is 0.292. The van der Waals surface area contributed by atoms with E-state index < -0.39 is 0 Å². The fourth-order valence-electron chi connectivity index (χ4n) is 3.19. The topological polar surface area (TPSA) is 57.6 Å². The van der Waals surface area contributed by atoms with Crippen molar-refractivity contribution >= 4 is 23.5 Å². The quantitative estimate of drug-likeness (QED) is 0.795. The molecule has 5 nitrogen and oxygen atoms in total. The number of nitrogens with zero attached hydrogens (tertiary/aromatic N) is 3. The van der Waals surface area contributed by atoms with Crippen molar-refractivity contribution in [2.45, 2.75) is 20.8 Å². The summed E-state index contributed by atoms with van der Waals surface area (Å²) in [6, 6.07) is 6.18. The van der Waals surface area contributed by atoms with Gasteiger partial charge >= 0.3 is 0 Å². The number of hydrogen-bond donors (Lipinski definition) is 1. The molecule has 2 aromatic rings. The molecule has 0 bridgehead atoms. The molecule has 0 saturated carbocycles. The molecule has 1 aliphatic rings. The molecule has 0 unspecified atom stereocenters. The summed E-state index contributed by atoms with van der Waals surface area (Å²) in [5, 5.41) is 2.75. The maximum absolute atomic E-state index is 12.0. The minimum absolute atomic E-state index is 0.0695. The number of aliphatic imine (C=N–C) groups is 1. The van der Waals surface area contributed by atoms with E-state index in [1.165, 1.54) is 0 Å². The van der Waals surface area contributed by atoms with Crippen LogP contribution < -0.4 is 5.32 Å². The van der Waals surface area contributed by atoms with Crippen LogP contribution in [0, 0.1) is 12.3 Å². The number of hydrogen-bond acceptors (Lipinski definition) is 5. The van der Waals surface area contributed by atoms with Crippen molar-refractivity contribution in [1.82, 2.24) is 15.2 Å². The SMILES string of the molecule is C=C(/N=C\c1ccc(-c2cncs2)cc1C)NC(=O)CN1CC(C)(C)C1. The maximum Gasteiger partial charge on any atom is 0.239 e. The number of carbonyl (C=O) groups excluding carboxylic acids is 1. The van der Waals surface area contributed by atoms with Gasteiger partial charge in [0, 0.05) is 25.5 Å². The van der Waals surface area contributed by atoms with Crippen LogP contribution in [0.25, 0.3) is 10.4 Å². The van der Waals surface area contributed by atoms with Crippen LogP contribution in [0.15, 0.2) is 47.3 Å². The third kappa shape index (κ3) is 4.65. The van der Waals surface area contributed by atoms with E-state index in [2.05, 4.69) is 52.8 Å². The molecule has 1 fully saturated rings. The Kier molecular flexibility index (Phi) is 5.34. The van der Waals surface area contributed by atoms with Gasteiger partial charge in [-0.2, -0.15) is 0 Å². The summed E-state index contributed by atoms with van der Waals surface area (Å²) >= 11 is 1.62. The minimum Gasteiger partial charge on any atom is -0.310 e. The second-order valence-corrected chi connectivity index (χ2v) is 8.39. The number of rotatable bonds is 6. The molecule has 1 amide bonds. The fraction of sp³-hybridized carbons (Fsp3) is 0.350. The highest BCUT2D eigenvalue weighted by Gasteiger charge is 2.34. The van der Waals surface area contributed by atoms with Crippen molar-refractivity contribution in [2.75, 3.05) is 19.6 Å². The molecule has 0 spiro atoms. The summed E-state index contributed by atoms with van der Waals surface area (Å²) < 4.78 is 0. The third-order valence-corrected chi connectivity index (χ3v) is 5.12. The Morgan fingerprint density at radius 1 is 1.46 bits per heavy atom. The number of benzene rings is 1. The largest absolute Gasteiger partial charge is 0.310 e. The lowest BCUT2D eigenvalue weighted by Crippen LogP contribution is -2.55. The monoisotopic (exact) mass is 368 g/mol. The molecule has 2 heterocycles. The second-order valence-electron chi connectivity index (χ2n) is 7.50. The first kappa shape index (κ1) is 18.5. The fourth-order valence-corrected chi connectivity index (χ4v) is 3.81. The molecule has 1 N–H and O–H groups in total. The molecular weight excluding hydrogens is 344 g/mol. The zero-order chi connectivity index (χ0) is 18.7. The van der Waals surface area contributed by atoms with Crippen LogP contribution in [0.4, 0.5) is 0 Å². The number of thiazole rings is 1. The first-order valence-corrected chi connectivity index (χ1v) is 9.45. The average molecular weight is 369 g/mol. The summed E-state index contributed by atoms with van der Waals surface area (Å²) in [4.78, 5) is 23.7. The van der Waals surface area contributed by atoms with E-state index >= 15 is 0 Å². The molecule has 1 saturated heterocycles. The van der Waals surface area contributed by atoms with Gasteiger partial charge in [0.15, 0.2) is 0 Å². The summed E-state index contributed by atoms with van der Waals surface area (Å²) in [5.41, 5.74) is 5.40. The number of nitrogens with one attached hydrogen (secondary N) is 1. The van der Waals surface area contributed by atoms with Gasteiger partial charge in [0.05, 0.1) is 16.9 Å². The second kappa shape index (κ2) is 7.51. The van der Waals surface area contributed by atoms with E-state index in [-0.39, 0.29) is 5.91 Å². The van der Waals surface area contributed by atoms with E-state index in [0.717, 1.165) is 34.7 Å². The Balaban J connectivity index is 1.54. The summed E-state index contributed by atoms with van der Waals surface area (Å²) in [6.07, 6.45) is 3.60. The maximum atomic E-state index is 12.0. The Hall–Kier alpha value is -2.31. The summed E-state index contributed by atoms with van der Waals surface area (Å²) in [7, 11) is 0. The van der Waals surface area contributed by atoms with Crippen molar-refractivity contribution in [3.63, 3.8) is 0 Å². The molecule has 136 valence electrons. The predicted molar refractivity (Wildman–Crippen MR) is 107 cm³/mol. The van der Waals surface area contributed by atoms with Crippen LogP contribution in [0.5, 0.6) is 0 Å². The van der Waals surface area contributed by atoms with Gasteiger partial charge in [-0.3, -0.25) is 14.7 Å². The van der Waals surface area contributed by atoms with Crippen molar-refractivity contribution in [3.05, 3.63) is 53.4 Å². The molecule has 1 aromatic heterocycles. The lowest BCUT2D eigenvalue weighted by molar-refractivity contribution is -0.124. The highest BCUT2D eigenvalue weighted by molar-refractivity contribution is 7.13. The lowest BCUT2D eigenvalue weighted by Gasteiger charge is -2.45. The first-order chi connectivity index (χ1) is 12.3. The Bertz CT molecular complexity index is 832. The van der Waals surface area contributed by atoms with Gasteiger partial charge in [-0.1, -0.05) is 32.6 Å². The normalized spacial score (nSPS) is 16.4. The van der Waals surface area contributed by atoms with E-state index in [4.69, 9.17) is 0 Å². The van der Waals surface area contributed by atoms with Crippen LogP contribution in [-0.2, 0) is 4.79 Å². The van der Waals surface area contributed by atoms with Gasteiger partial charge in [0.1, 0.15) is 5.82 Å². The van der Waals surface area contributed by atoms with Crippen molar-refractivity contribution in [2.24, 2.45) is 10.4 Å². The summed E-state index contributed by atoms with van der Waals surface area (Å²) in [6.45, 7) is 12.5. The zero-order valence-corrected chi connectivity index (χ0v) is 16.3. The Morgan fingerprint density at radius 3 is 2.85 bits per heavy atom. The Morgan fingerprint density at radius 2 is 2.23 bits per heavy atom. The van der Waals surface area contributed by atoms with Gasteiger partial charge in [-0.15, -0.1) is 11.3 Å². The van der Waals surface area contributed by atoms with Gasteiger partial charge in [-0.25, -0.2) is 4.99 Å². The highest BCUT2D eigenvalue weighted by atomic mass is 32.1. The van der Waals surface area contributed by atoms with Gasteiger partial charge in [0.2, 0.25) is 5.91 Å². The predicted octanol–water partition coefficient (Wildman–Crippen LogP) is 3.47. The molecule has 0 atom stereocenters. The number of aryl methyl sites for hydroxylation is 1. The van der Waals surface area contributed by atoms with Crippen LogP contribution >= 0.6 is 11.3 Å². The van der Waals surface area contributed by atoms with Crippen molar-refractivity contribution < 1.29 is 4.79 Å². The standard InChI is InChI=1S/C20H24N4OS/c1-14-7-16(18-9-21-13-26-18)5-6-17(14)8-22-15(2)23-19(25)10-24-11-20(3,4)12-24/h5-9,13H,2,10-12H2,1,3-4H3,(H,23,25)/b22-8-. The molecule has 3 rings (SSSR count). The lowest BCUT2D eigenvalue weighted by atomic mass is 9.84. The van der Waals surface area contributed by atoms with Crippen LogP contribution in [-0.4, -0.2) is 41.6 Å². The van der Waals surface area contributed by atoms with E-state index in [9.17, 15) is 4.79 Å². The molecular formula is C20H24N4OS. The molecule has 1 aliphatic heterocycles. The van der Waals surface area contributed by atoms with Gasteiger partial charge < -0.3 is 5.32 Å². The minimum atomic E-state index is -0.0695. The highest BCUT2D eigenvalue weighted by Crippen LogP contribution is 2.28.